The van der Waals surface area contributed by atoms with Crippen LogP contribution >= 0.6 is 0 Å². The number of anilines is 2. The smallest absolute Gasteiger partial charge is 0.251 e. The molecule has 0 aromatic heterocycles. The van der Waals surface area contributed by atoms with Gasteiger partial charge in [0.05, 0.1) is 11.4 Å². The summed E-state index contributed by atoms with van der Waals surface area (Å²) in [5.41, 5.74) is 9.07. The molecule has 3 amide bonds. The van der Waals surface area contributed by atoms with Crippen molar-refractivity contribution >= 4 is 29.1 Å². The number of hydrogen-bond acceptors (Lipinski definition) is 4. The third-order valence-corrected chi connectivity index (χ3v) is 4.97. The summed E-state index contributed by atoms with van der Waals surface area (Å²) >= 11 is 0. The summed E-state index contributed by atoms with van der Waals surface area (Å²) in [5.74, 6) is -0.768. The van der Waals surface area contributed by atoms with Crippen molar-refractivity contribution in [3.05, 3.63) is 59.2 Å². The molecular formula is C22H26N4O3. The molecule has 0 fully saturated rings. The van der Waals surface area contributed by atoms with Crippen LogP contribution in [0, 0.1) is 5.92 Å². The summed E-state index contributed by atoms with van der Waals surface area (Å²) in [5, 5.41) is 5.71. The number of benzene rings is 2. The number of nitrogens with one attached hydrogen (secondary N) is 2. The zero-order valence-electron chi connectivity index (χ0n) is 16.9. The minimum Gasteiger partial charge on any atom is -0.348 e. The standard InChI is InChI=1S/C22H26N4O3/c1-13(2)20-22(29)25-18-10-17(7-8-19(18)26(20)14(3)27)21(28)24-12-16-6-4-5-15(9-16)11-23/h4-10,13,20H,11-12,23H2,1-3H3,(H,24,28)(H,25,29). The molecule has 1 heterocycles. The van der Waals surface area contributed by atoms with Crippen LogP contribution in [-0.2, 0) is 22.7 Å². The Kier molecular flexibility index (Phi) is 5.98. The summed E-state index contributed by atoms with van der Waals surface area (Å²) in [4.78, 5) is 38.9. The van der Waals surface area contributed by atoms with Gasteiger partial charge in [-0.25, -0.2) is 0 Å². The van der Waals surface area contributed by atoms with Gasteiger partial charge in [-0.2, -0.15) is 0 Å². The van der Waals surface area contributed by atoms with E-state index in [1.165, 1.54) is 11.8 Å². The molecule has 2 aromatic rings. The molecule has 0 radical (unpaired) electrons. The minimum absolute atomic E-state index is 0.0423. The van der Waals surface area contributed by atoms with Crippen LogP contribution in [0.5, 0.6) is 0 Å². The number of nitrogens with zero attached hydrogens (tertiary/aromatic N) is 1. The third-order valence-electron chi connectivity index (χ3n) is 4.97. The van der Waals surface area contributed by atoms with Crippen molar-refractivity contribution in [3.63, 3.8) is 0 Å². The Balaban J connectivity index is 1.81. The Bertz CT molecular complexity index is 955. The maximum atomic E-state index is 12.6. The molecule has 0 spiro atoms. The zero-order chi connectivity index (χ0) is 21.1. The Morgan fingerprint density at radius 1 is 1.17 bits per heavy atom. The Hall–Kier alpha value is -3.19. The Morgan fingerprint density at radius 2 is 1.90 bits per heavy atom. The van der Waals surface area contributed by atoms with Crippen molar-refractivity contribution in [2.45, 2.75) is 39.9 Å². The fourth-order valence-corrected chi connectivity index (χ4v) is 3.58. The van der Waals surface area contributed by atoms with Gasteiger partial charge in [0.1, 0.15) is 6.04 Å². The largest absolute Gasteiger partial charge is 0.348 e. The van der Waals surface area contributed by atoms with Crippen molar-refractivity contribution in [3.8, 4) is 0 Å². The van der Waals surface area contributed by atoms with Crippen LogP contribution in [0.2, 0.25) is 0 Å². The van der Waals surface area contributed by atoms with E-state index in [-0.39, 0.29) is 23.6 Å². The molecule has 0 saturated carbocycles. The first-order chi connectivity index (χ1) is 13.8. The number of amides is 3. The number of carbonyl (C=O) groups is 3. The van der Waals surface area contributed by atoms with Crippen LogP contribution < -0.4 is 21.3 Å². The molecule has 4 N–H and O–H groups in total. The van der Waals surface area contributed by atoms with E-state index in [1.54, 1.807) is 18.2 Å². The molecule has 152 valence electrons. The summed E-state index contributed by atoms with van der Waals surface area (Å²) in [6.07, 6.45) is 0. The van der Waals surface area contributed by atoms with E-state index in [1.807, 2.05) is 38.1 Å². The van der Waals surface area contributed by atoms with Crippen LogP contribution in [-0.4, -0.2) is 23.8 Å². The van der Waals surface area contributed by atoms with Gasteiger partial charge in [-0.15, -0.1) is 0 Å². The van der Waals surface area contributed by atoms with Gasteiger partial charge in [-0.05, 0) is 35.2 Å². The maximum Gasteiger partial charge on any atom is 0.251 e. The topological polar surface area (TPSA) is 105 Å². The molecule has 0 bridgehead atoms. The van der Waals surface area contributed by atoms with Gasteiger partial charge in [0.15, 0.2) is 0 Å². The van der Waals surface area contributed by atoms with Crippen molar-refractivity contribution in [2.24, 2.45) is 11.7 Å². The molecule has 1 atom stereocenters. The van der Waals surface area contributed by atoms with Gasteiger partial charge >= 0.3 is 0 Å². The first-order valence-corrected chi connectivity index (χ1v) is 9.62. The van der Waals surface area contributed by atoms with E-state index in [9.17, 15) is 14.4 Å². The highest BCUT2D eigenvalue weighted by Crippen LogP contribution is 2.35. The second-order valence-electron chi connectivity index (χ2n) is 7.51. The Labute approximate surface area is 170 Å². The lowest BCUT2D eigenvalue weighted by Gasteiger charge is -2.38. The zero-order valence-corrected chi connectivity index (χ0v) is 16.9. The molecule has 7 nitrogen and oxygen atoms in total. The maximum absolute atomic E-state index is 12.6. The molecule has 29 heavy (non-hydrogen) atoms. The van der Waals surface area contributed by atoms with Gasteiger partial charge in [0.25, 0.3) is 5.91 Å². The molecule has 7 heteroatoms. The lowest BCUT2D eigenvalue weighted by atomic mass is 9.97. The SMILES string of the molecule is CC(=O)N1c2ccc(C(=O)NCc3cccc(CN)c3)cc2NC(=O)C1C(C)C. The van der Waals surface area contributed by atoms with Crippen LogP contribution in [0.3, 0.4) is 0 Å². The van der Waals surface area contributed by atoms with Crippen molar-refractivity contribution < 1.29 is 14.4 Å². The second-order valence-corrected chi connectivity index (χ2v) is 7.51. The highest BCUT2D eigenvalue weighted by atomic mass is 16.2. The van der Waals surface area contributed by atoms with Crippen LogP contribution in [0.1, 0.15) is 42.3 Å². The van der Waals surface area contributed by atoms with Crippen LogP contribution in [0.4, 0.5) is 11.4 Å². The minimum atomic E-state index is -0.575. The number of hydrogen-bond donors (Lipinski definition) is 3. The third kappa shape index (κ3) is 4.30. The van der Waals surface area contributed by atoms with E-state index in [0.29, 0.717) is 30.0 Å². The molecule has 1 aliphatic heterocycles. The lowest BCUT2D eigenvalue weighted by Crippen LogP contribution is -2.53. The highest BCUT2D eigenvalue weighted by molar-refractivity contribution is 6.12. The Morgan fingerprint density at radius 3 is 2.55 bits per heavy atom. The van der Waals surface area contributed by atoms with Crippen molar-refractivity contribution in [2.75, 3.05) is 10.2 Å². The van der Waals surface area contributed by atoms with Crippen LogP contribution in [0.25, 0.3) is 0 Å². The molecule has 0 aliphatic carbocycles. The first kappa shape index (κ1) is 20.5. The lowest BCUT2D eigenvalue weighted by molar-refractivity contribution is -0.123. The van der Waals surface area contributed by atoms with Gasteiger partial charge in [0.2, 0.25) is 11.8 Å². The number of fused-ring (bicyclic) bond motifs is 1. The predicted molar refractivity (Wildman–Crippen MR) is 112 cm³/mol. The fraction of sp³-hybridized carbons (Fsp3) is 0.318. The highest BCUT2D eigenvalue weighted by Gasteiger charge is 2.37. The van der Waals surface area contributed by atoms with E-state index >= 15 is 0 Å². The molecule has 2 aromatic carbocycles. The van der Waals surface area contributed by atoms with E-state index in [4.69, 9.17) is 5.73 Å². The van der Waals surface area contributed by atoms with Gasteiger partial charge < -0.3 is 16.4 Å². The van der Waals surface area contributed by atoms with Gasteiger partial charge in [-0.1, -0.05) is 38.1 Å². The van der Waals surface area contributed by atoms with E-state index < -0.39 is 6.04 Å². The molecular weight excluding hydrogens is 368 g/mol. The van der Waals surface area contributed by atoms with Crippen molar-refractivity contribution in [1.82, 2.24) is 5.32 Å². The normalized spacial score (nSPS) is 15.7. The number of rotatable bonds is 5. The fourth-order valence-electron chi connectivity index (χ4n) is 3.58. The first-order valence-electron chi connectivity index (χ1n) is 9.62. The predicted octanol–water partition coefficient (Wildman–Crippen LogP) is 2.40. The summed E-state index contributed by atoms with van der Waals surface area (Å²) < 4.78 is 0. The molecule has 0 saturated heterocycles. The molecule has 3 rings (SSSR count). The number of nitrogens with two attached hydrogens (primary N) is 1. The monoisotopic (exact) mass is 394 g/mol. The summed E-state index contributed by atoms with van der Waals surface area (Å²) in [6.45, 7) is 6.04. The average molecular weight is 394 g/mol. The van der Waals surface area contributed by atoms with Gasteiger partial charge in [0, 0.05) is 25.6 Å². The van der Waals surface area contributed by atoms with Crippen LogP contribution in [0.15, 0.2) is 42.5 Å². The quantitative estimate of drug-likeness (QED) is 0.724. The molecule has 1 aliphatic rings. The van der Waals surface area contributed by atoms with E-state index in [2.05, 4.69) is 10.6 Å². The second kappa shape index (κ2) is 8.45. The average Bonchev–Trinajstić information content (AvgIpc) is 2.70. The molecule has 1 unspecified atom stereocenters. The number of carbonyl (C=O) groups excluding carboxylic acids is 3. The van der Waals surface area contributed by atoms with Gasteiger partial charge in [-0.3, -0.25) is 19.3 Å². The van der Waals surface area contributed by atoms with Crippen molar-refractivity contribution in [1.29, 1.82) is 0 Å². The van der Waals surface area contributed by atoms with E-state index in [0.717, 1.165) is 11.1 Å². The summed E-state index contributed by atoms with van der Waals surface area (Å²) in [7, 11) is 0. The summed E-state index contributed by atoms with van der Waals surface area (Å²) in [6, 6.07) is 12.1.